The number of nitriles is 2. The maximum Gasteiger partial charge on any atom is 0.297 e. The highest BCUT2D eigenvalue weighted by Crippen LogP contribution is 2.23. The summed E-state index contributed by atoms with van der Waals surface area (Å²) < 4.78 is 40.2. The van der Waals surface area contributed by atoms with Crippen LogP contribution in [0, 0.1) is 40.1 Å². The van der Waals surface area contributed by atoms with Crippen molar-refractivity contribution in [1.29, 1.82) is 10.5 Å². The van der Waals surface area contributed by atoms with Crippen molar-refractivity contribution in [3.8, 4) is 23.6 Å². The van der Waals surface area contributed by atoms with Gasteiger partial charge in [0.15, 0.2) is 28.9 Å². The number of fused-ring (bicyclic) bond motifs is 2. The molecule has 4 heterocycles. The number of aryl methyl sites for hydroxylation is 2. The van der Waals surface area contributed by atoms with Crippen LogP contribution in [0.5, 0.6) is 11.5 Å². The number of rotatable bonds is 9. The molecule has 0 fully saturated rings. The number of Topliss-reactive ketones (excluding diaryl/α,β-unsaturated/α-hetero) is 2. The van der Waals surface area contributed by atoms with E-state index >= 15 is 0 Å². The van der Waals surface area contributed by atoms with Crippen LogP contribution in [0.2, 0.25) is 0 Å². The van der Waals surface area contributed by atoms with E-state index in [1.165, 1.54) is 48.6 Å². The molecule has 0 spiro atoms. The molecule has 2 aliphatic heterocycles. The van der Waals surface area contributed by atoms with Gasteiger partial charge in [0.05, 0.1) is 17.7 Å². The summed E-state index contributed by atoms with van der Waals surface area (Å²) in [5.41, 5.74) is 4.19. The van der Waals surface area contributed by atoms with Crippen LogP contribution in [0.25, 0.3) is 11.1 Å². The van der Waals surface area contributed by atoms with Gasteiger partial charge in [0.25, 0.3) is 5.56 Å². The zero-order valence-corrected chi connectivity index (χ0v) is 30.0. The van der Waals surface area contributed by atoms with Gasteiger partial charge in [0.2, 0.25) is 11.3 Å². The van der Waals surface area contributed by atoms with Crippen LogP contribution in [0.1, 0.15) is 62.2 Å². The number of hydrogen-bond donors (Lipinski definition) is 2. The summed E-state index contributed by atoms with van der Waals surface area (Å²) in [6.45, 7) is 0.964. The molecule has 13 nitrogen and oxygen atoms in total. The number of hydrogen-bond acceptors (Lipinski definition) is 10. The molecule has 288 valence electrons. The minimum Gasteiger partial charge on any atom is -0.867 e. The summed E-state index contributed by atoms with van der Waals surface area (Å²) in [5.74, 6) is -3.56. The predicted octanol–water partition coefficient (Wildman–Crippen LogP) is 3.58. The minimum absolute atomic E-state index is 0.000681. The molecular formula is C41H32F3N7O6. The molecule has 16 heteroatoms. The molecule has 2 aromatic heterocycles. The molecule has 7 rings (SSSR count). The lowest BCUT2D eigenvalue weighted by molar-refractivity contribution is -0.386. The van der Waals surface area contributed by atoms with Crippen LogP contribution >= 0.6 is 0 Å². The summed E-state index contributed by atoms with van der Waals surface area (Å²) in [6.07, 6.45) is 3.56. The first-order chi connectivity index (χ1) is 27.3. The van der Waals surface area contributed by atoms with Gasteiger partial charge in [-0.25, -0.2) is 23.1 Å². The SMILES string of the molecule is N#CC1=CCn2c1nc(C(=O)CCc1ccc(F)cc1)c(O)c2=O.N#CC1=CCn2c1nc(C(=O)CCc1ccc(F)cc1)c([O-])c2=O.[NH3+]Cc1ccc(F)cc1. The molecule has 0 bridgehead atoms. The van der Waals surface area contributed by atoms with Crippen molar-refractivity contribution in [2.75, 3.05) is 0 Å². The number of halogens is 3. The Morgan fingerprint density at radius 1 is 0.684 bits per heavy atom. The van der Waals surface area contributed by atoms with Crippen LogP contribution in [-0.4, -0.2) is 35.8 Å². The second kappa shape index (κ2) is 18.3. The maximum absolute atomic E-state index is 12.9. The van der Waals surface area contributed by atoms with Crippen LogP contribution < -0.4 is 22.0 Å². The summed E-state index contributed by atoms with van der Waals surface area (Å²) >= 11 is 0. The van der Waals surface area contributed by atoms with E-state index in [-0.39, 0.29) is 71.9 Å². The third-order valence-electron chi connectivity index (χ3n) is 8.79. The quantitative estimate of drug-likeness (QED) is 0.207. The first-order valence-electron chi connectivity index (χ1n) is 17.3. The Bertz CT molecular complexity index is 2440. The Labute approximate surface area is 322 Å². The van der Waals surface area contributed by atoms with Gasteiger partial charge in [-0.1, -0.05) is 36.4 Å². The van der Waals surface area contributed by atoms with E-state index in [1.54, 1.807) is 36.4 Å². The third-order valence-corrected chi connectivity index (χ3v) is 8.79. The van der Waals surface area contributed by atoms with E-state index < -0.39 is 39.9 Å². The Balaban J connectivity index is 0.000000179. The van der Waals surface area contributed by atoms with Gasteiger partial charge < -0.3 is 15.9 Å². The molecule has 3 aromatic carbocycles. The van der Waals surface area contributed by atoms with Gasteiger partial charge in [0, 0.05) is 31.5 Å². The van der Waals surface area contributed by atoms with Crippen molar-refractivity contribution >= 4 is 22.7 Å². The molecule has 0 saturated carbocycles. The van der Waals surface area contributed by atoms with E-state index in [9.17, 15) is 42.6 Å². The van der Waals surface area contributed by atoms with Gasteiger partial charge in [-0.15, -0.1) is 0 Å². The fourth-order valence-electron chi connectivity index (χ4n) is 5.66. The monoisotopic (exact) mass is 775 g/mol. The first-order valence-corrected chi connectivity index (χ1v) is 17.3. The molecule has 0 amide bonds. The van der Waals surface area contributed by atoms with E-state index in [0.717, 1.165) is 32.4 Å². The number of quaternary nitrogens is 1. The van der Waals surface area contributed by atoms with Crippen LogP contribution in [0.3, 0.4) is 0 Å². The highest BCUT2D eigenvalue weighted by Gasteiger charge is 2.25. The zero-order valence-electron chi connectivity index (χ0n) is 30.0. The molecule has 57 heavy (non-hydrogen) atoms. The molecule has 0 unspecified atom stereocenters. The standard InChI is InChI=1S/2C17H12FN3O3.C7H8FN/c2*18-12-4-1-10(2-5-12)3-6-13(22)14-15(23)17(24)21-8-7-11(9-19)16(21)20-14;8-7-3-1-6(5-9)2-4-7/h2*1-2,4-5,7,23H,3,6,8H2;1-4H,5,9H2. The Hall–Kier alpha value is -7.43. The topological polar surface area (TPSA) is 222 Å². The maximum atomic E-state index is 12.9. The number of carbonyl (C=O) groups is 2. The second-order valence-electron chi connectivity index (χ2n) is 12.5. The number of nitrogens with zero attached hydrogens (tertiary/aromatic N) is 6. The fourth-order valence-corrected chi connectivity index (χ4v) is 5.66. The third kappa shape index (κ3) is 9.63. The smallest absolute Gasteiger partial charge is 0.297 e. The first kappa shape index (κ1) is 40.7. The Morgan fingerprint density at radius 2 is 1.07 bits per heavy atom. The average Bonchev–Trinajstić information content (AvgIpc) is 3.84. The largest absolute Gasteiger partial charge is 0.867 e. The predicted molar refractivity (Wildman–Crippen MR) is 196 cm³/mol. The number of benzene rings is 3. The number of aromatic hydroxyl groups is 1. The van der Waals surface area contributed by atoms with Gasteiger partial charge in [-0.05, 0) is 78.3 Å². The van der Waals surface area contributed by atoms with Gasteiger partial charge in [-0.2, -0.15) is 10.5 Å². The van der Waals surface area contributed by atoms with E-state index in [4.69, 9.17) is 10.5 Å². The summed E-state index contributed by atoms with van der Waals surface area (Å²) in [5, 5.41) is 40.0. The normalized spacial score (nSPS) is 12.0. The minimum atomic E-state index is -0.963. The zero-order chi connectivity index (χ0) is 41.2. The highest BCUT2D eigenvalue weighted by molar-refractivity contribution is 5.97. The molecule has 2 aliphatic rings. The summed E-state index contributed by atoms with van der Waals surface area (Å²) in [4.78, 5) is 56.6. The van der Waals surface area contributed by atoms with Crippen LogP contribution in [-0.2, 0) is 32.5 Å². The van der Waals surface area contributed by atoms with Crippen LogP contribution in [0.15, 0.2) is 94.5 Å². The number of carbonyl (C=O) groups excluding carboxylic acids is 2. The summed E-state index contributed by atoms with van der Waals surface area (Å²) in [7, 11) is 0. The van der Waals surface area contributed by atoms with Gasteiger partial charge in [0.1, 0.15) is 35.3 Å². The van der Waals surface area contributed by atoms with Crippen molar-refractivity contribution in [1.82, 2.24) is 19.1 Å². The Kier molecular flexibility index (Phi) is 13.1. The molecule has 0 radical (unpaired) electrons. The van der Waals surface area contributed by atoms with E-state index in [1.807, 2.05) is 12.1 Å². The van der Waals surface area contributed by atoms with Crippen molar-refractivity contribution in [3.63, 3.8) is 0 Å². The lowest BCUT2D eigenvalue weighted by Gasteiger charge is -2.14. The van der Waals surface area contributed by atoms with E-state index in [2.05, 4.69) is 15.7 Å². The van der Waals surface area contributed by atoms with Crippen molar-refractivity contribution < 1.29 is 38.7 Å². The van der Waals surface area contributed by atoms with Crippen molar-refractivity contribution in [2.24, 2.45) is 0 Å². The van der Waals surface area contributed by atoms with Crippen LogP contribution in [0.4, 0.5) is 13.2 Å². The number of ketones is 2. The van der Waals surface area contributed by atoms with E-state index in [0.29, 0.717) is 12.8 Å². The Morgan fingerprint density at radius 3 is 1.49 bits per heavy atom. The molecule has 0 saturated heterocycles. The van der Waals surface area contributed by atoms with Gasteiger partial charge >= 0.3 is 0 Å². The summed E-state index contributed by atoms with van der Waals surface area (Å²) in [6, 6.07) is 21.5. The lowest BCUT2D eigenvalue weighted by atomic mass is 10.1. The van der Waals surface area contributed by atoms with Crippen molar-refractivity contribution in [3.05, 3.63) is 163 Å². The molecule has 0 aliphatic carbocycles. The lowest BCUT2D eigenvalue weighted by Crippen LogP contribution is -2.47. The number of aromatic nitrogens is 4. The number of allylic oxidation sites excluding steroid dienone is 4. The molecule has 5 aromatic rings. The molecular weight excluding hydrogens is 743 g/mol. The highest BCUT2D eigenvalue weighted by atomic mass is 19.1. The van der Waals surface area contributed by atoms with Gasteiger partial charge in [-0.3, -0.25) is 28.3 Å². The average molecular weight is 776 g/mol. The molecule has 0 atom stereocenters. The second-order valence-corrected chi connectivity index (χ2v) is 12.5. The van der Waals surface area contributed by atoms with Crippen molar-refractivity contribution in [2.45, 2.75) is 45.3 Å². The fraction of sp³-hybridized carbons (Fsp3) is 0.171. The molecule has 4 N–H and O–H groups in total.